The Bertz CT molecular complexity index is 508. The van der Waals surface area contributed by atoms with Crippen molar-refractivity contribution < 1.29 is 9.84 Å². The zero-order chi connectivity index (χ0) is 14.0. The third kappa shape index (κ3) is 4.51. The highest BCUT2D eigenvalue weighted by atomic mass is 16.5. The van der Waals surface area contributed by atoms with E-state index in [1.807, 2.05) is 24.3 Å². The monoisotopic (exact) mass is 273 g/mol. The SMILES string of the molecule is OCCNCCCCCOc1cccc2ccccc12. The zero-order valence-corrected chi connectivity index (χ0v) is 11.8. The highest BCUT2D eigenvalue weighted by Gasteiger charge is 2.00. The van der Waals surface area contributed by atoms with Crippen molar-refractivity contribution >= 4 is 10.8 Å². The standard InChI is InChI=1S/C17H23NO2/c19-13-12-18-11-4-1-5-14-20-17-10-6-8-15-7-2-3-9-16(15)17/h2-3,6-10,18-19H,1,4-5,11-14H2. The van der Waals surface area contributed by atoms with Crippen molar-refractivity contribution in [3.8, 4) is 5.75 Å². The van der Waals surface area contributed by atoms with E-state index in [-0.39, 0.29) is 6.61 Å². The maximum atomic E-state index is 8.64. The molecule has 2 aromatic rings. The lowest BCUT2D eigenvalue weighted by molar-refractivity contribution is 0.289. The molecule has 0 radical (unpaired) electrons. The van der Waals surface area contributed by atoms with Crippen LogP contribution in [0.5, 0.6) is 5.75 Å². The van der Waals surface area contributed by atoms with Gasteiger partial charge in [-0.1, -0.05) is 36.4 Å². The summed E-state index contributed by atoms with van der Waals surface area (Å²) in [5, 5.41) is 14.2. The first kappa shape index (κ1) is 14.8. The maximum Gasteiger partial charge on any atom is 0.127 e. The van der Waals surface area contributed by atoms with E-state index in [1.54, 1.807) is 0 Å². The van der Waals surface area contributed by atoms with Gasteiger partial charge in [0.05, 0.1) is 13.2 Å². The molecule has 0 amide bonds. The highest BCUT2D eigenvalue weighted by Crippen LogP contribution is 2.25. The molecule has 0 bridgehead atoms. The normalized spacial score (nSPS) is 10.8. The fourth-order valence-corrected chi connectivity index (χ4v) is 2.24. The summed E-state index contributed by atoms with van der Waals surface area (Å²) in [6.07, 6.45) is 3.33. The minimum absolute atomic E-state index is 0.212. The van der Waals surface area contributed by atoms with Crippen molar-refractivity contribution in [2.45, 2.75) is 19.3 Å². The molecule has 0 fully saturated rings. The maximum absolute atomic E-state index is 8.64. The summed E-state index contributed by atoms with van der Waals surface area (Å²) in [6, 6.07) is 14.5. The molecule has 108 valence electrons. The van der Waals surface area contributed by atoms with Gasteiger partial charge in [0.2, 0.25) is 0 Å². The van der Waals surface area contributed by atoms with Crippen molar-refractivity contribution in [3.63, 3.8) is 0 Å². The molecule has 2 N–H and O–H groups in total. The molecule has 0 heterocycles. The van der Waals surface area contributed by atoms with Gasteiger partial charge in [0.25, 0.3) is 0 Å². The first-order valence-electron chi connectivity index (χ1n) is 7.34. The number of aliphatic hydroxyl groups excluding tert-OH is 1. The average molecular weight is 273 g/mol. The molecular formula is C17H23NO2. The lowest BCUT2D eigenvalue weighted by Crippen LogP contribution is -2.19. The molecule has 2 rings (SSSR count). The molecule has 0 aliphatic carbocycles. The topological polar surface area (TPSA) is 41.5 Å². The minimum Gasteiger partial charge on any atom is -0.493 e. The van der Waals surface area contributed by atoms with E-state index in [0.717, 1.165) is 38.2 Å². The summed E-state index contributed by atoms with van der Waals surface area (Å²) in [5.74, 6) is 0.974. The number of fused-ring (bicyclic) bond motifs is 1. The van der Waals surface area contributed by atoms with E-state index < -0.39 is 0 Å². The van der Waals surface area contributed by atoms with Crippen LogP contribution >= 0.6 is 0 Å². The second-order valence-electron chi connectivity index (χ2n) is 4.86. The fraction of sp³-hybridized carbons (Fsp3) is 0.412. The molecule has 0 aliphatic heterocycles. The second-order valence-corrected chi connectivity index (χ2v) is 4.86. The summed E-state index contributed by atoms with van der Waals surface area (Å²) in [5.41, 5.74) is 0. The Labute approximate surface area is 120 Å². The summed E-state index contributed by atoms with van der Waals surface area (Å²) >= 11 is 0. The largest absolute Gasteiger partial charge is 0.493 e. The molecule has 0 aromatic heterocycles. The van der Waals surface area contributed by atoms with Gasteiger partial charge in [0.15, 0.2) is 0 Å². The van der Waals surface area contributed by atoms with Crippen LogP contribution in [0.4, 0.5) is 0 Å². The Morgan fingerprint density at radius 2 is 1.75 bits per heavy atom. The summed E-state index contributed by atoms with van der Waals surface area (Å²) in [7, 11) is 0. The molecule has 2 aromatic carbocycles. The summed E-state index contributed by atoms with van der Waals surface area (Å²) in [6.45, 7) is 2.62. The van der Waals surface area contributed by atoms with Crippen LogP contribution in [0.2, 0.25) is 0 Å². The van der Waals surface area contributed by atoms with Crippen LogP contribution in [0, 0.1) is 0 Å². The number of hydrogen-bond acceptors (Lipinski definition) is 3. The van der Waals surface area contributed by atoms with Gasteiger partial charge in [-0.15, -0.1) is 0 Å². The van der Waals surface area contributed by atoms with Crippen molar-refractivity contribution in [2.75, 3.05) is 26.3 Å². The first-order chi connectivity index (χ1) is 9.92. The molecule has 20 heavy (non-hydrogen) atoms. The van der Waals surface area contributed by atoms with Gasteiger partial charge in [-0.3, -0.25) is 0 Å². The van der Waals surface area contributed by atoms with Crippen LogP contribution in [0.1, 0.15) is 19.3 Å². The van der Waals surface area contributed by atoms with Gasteiger partial charge in [0, 0.05) is 11.9 Å². The van der Waals surface area contributed by atoms with Gasteiger partial charge in [-0.25, -0.2) is 0 Å². The van der Waals surface area contributed by atoms with Crippen LogP contribution < -0.4 is 10.1 Å². The second kappa shape index (κ2) is 8.56. The number of unbranched alkanes of at least 4 members (excludes halogenated alkanes) is 2. The van der Waals surface area contributed by atoms with E-state index in [2.05, 4.69) is 23.5 Å². The van der Waals surface area contributed by atoms with E-state index >= 15 is 0 Å². The summed E-state index contributed by atoms with van der Waals surface area (Å²) < 4.78 is 5.89. The molecule has 0 saturated heterocycles. The third-order valence-corrected chi connectivity index (χ3v) is 3.29. The number of rotatable bonds is 9. The predicted molar refractivity (Wildman–Crippen MR) is 83.2 cm³/mol. The number of ether oxygens (including phenoxy) is 1. The van der Waals surface area contributed by atoms with Crippen LogP contribution in [-0.2, 0) is 0 Å². The Hall–Kier alpha value is -1.58. The van der Waals surface area contributed by atoms with Gasteiger partial charge >= 0.3 is 0 Å². The average Bonchev–Trinajstić information content (AvgIpc) is 2.50. The van der Waals surface area contributed by atoms with Gasteiger partial charge in [-0.05, 0) is 37.3 Å². The summed E-state index contributed by atoms with van der Waals surface area (Å²) in [4.78, 5) is 0. The van der Waals surface area contributed by atoms with Crippen LogP contribution in [0.3, 0.4) is 0 Å². The molecule has 0 spiro atoms. The van der Waals surface area contributed by atoms with Crippen LogP contribution in [0.25, 0.3) is 10.8 Å². The quantitative estimate of drug-likeness (QED) is 0.690. The zero-order valence-electron chi connectivity index (χ0n) is 11.8. The van der Waals surface area contributed by atoms with E-state index in [4.69, 9.17) is 9.84 Å². The molecule has 0 aliphatic rings. The van der Waals surface area contributed by atoms with Gasteiger partial charge in [0.1, 0.15) is 5.75 Å². The third-order valence-electron chi connectivity index (χ3n) is 3.29. The van der Waals surface area contributed by atoms with Crippen LogP contribution in [-0.4, -0.2) is 31.4 Å². The highest BCUT2D eigenvalue weighted by molar-refractivity contribution is 5.88. The number of nitrogens with one attached hydrogen (secondary N) is 1. The Morgan fingerprint density at radius 3 is 2.65 bits per heavy atom. The van der Waals surface area contributed by atoms with E-state index in [1.165, 1.54) is 10.8 Å². The smallest absolute Gasteiger partial charge is 0.127 e. The molecule has 3 nitrogen and oxygen atoms in total. The van der Waals surface area contributed by atoms with Gasteiger partial charge in [-0.2, -0.15) is 0 Å². The molecule has 3 heteroatoms. The molecular weight excluding hydrogens is 250 g/mol. The van der Waals surface area contributed by atoms with Crippen molar-refractivity contribution in [1.82, 2.24) is 5.32 Å². The Balaban J connectivity index is 1.71. The molecule has 0 saturated carbocycles. The Morgan fingerprint density at radius 1 is 0.900 bits per heavy atom. The van der Waals surface area contributed by atoms with Gasteiger partial charge < -0.3 is 15.2 Å². The van der Waals surface area contributed by atoms with E-state index in [0.29, 0.717) is 6.54 Å². The predicted octanol–water partition coefficient (Wildman–Crippen LogP) is 2.97. The van der Waals surface area contributed by atoms with E-state index in [9.17, 15) is 0 Å². The van der Waals surface area contributed by atoms with Crippen molar-refractivity contribution in [2.24, 2.45) is 0 Å². The van der Waals surface area contributed by atoms with Crippen LogP contribution in [0.15, 0.2) is 42.5 Å². The number of benzene rings is 2. The lowest BCUT2D eigenvalue weighted by atomic mass is 10.1. The number of aliphatic hydroxyl groups is 1. The number of hydrogen-bond donors (Lipinski definition) is 2. The first-order valence-corrected chi connectivity index (χ1v) is 7.34. The molecule has 0 atom stereocenters. The van der Waals surface area contributed by atoms with Crippen molar-refractivity contribution in [3.05, 3.63) is 42.5 Å². The molecule has 0 unspecified atom stereocenters. The van der Waals surface area contributed by atoms with Crippen molar-refractivity contribution in [1.29, 1.82) is 0 Å². The lowest BCUT2D eigenvalue weighted by Gasteiger charge is -2.09. The minimum atomic E-state index is 0.212. The fourth-order valence-electron chi connectivity index (χ4n) is 2.24. The Kier molecular flexibility index (Phi) is 6.35.